The van der Waals surface area contributed by atoms with Gasteiger partial charge in [0.2, 0.25) is 0 Å². The standard InChI is InChI=1S/C51H58O2S2/c1-4-5-6-7-8-9-10-11-12-13-14-15-16-17-18-25-38(51-54-35(2)36(3)55-51)37-32-33-42-46(34-37)50(53)45-31-24-21-28-41(45)48(42)47-39-26-19-22-29-43(39)49(52)44-30-23-20-27-40(44)47/h19-24,26-34,43,46H,4-18,25H2,1-3H3. The molecular weight excluding hydrogens is 709 g/mol. The third-order valence-corrected chi connectivity index (χ3v) is 14.8. The van der Waals surface area contributed by atoms with Crippen LogP contribution in [0.5, 0.6) is 0 Å². The highest BCUT2D eigenvalue weighted by atomic mass is 32.2. The van der Waals surface area contributed by atoms with E-state index in [4.69, 9.17) is 0 Å². The Balaban J connectivity index is 1.09. The molecule has 0 saturated carbocycles. The number of hydrogen-bond acceptors (Lipinski definition) is 4. The highest BCUT2D eigenvalue weighted by Gasteiger charge is 2.40. The van der Waals surface area contributed by atoms with Crippen LogP contribution in [0.1, 0.15) is 155 Å². The number of hydrogen-bond donors (Lipinski definition) is 0. The van der Waals surface area contributed by atoms with Crippen molar-refractivity contribution in [2.24, 2.45) is 11.8 Å². The lowest BCUT2D eigenvalue weighted by Crippen LogP contribution is -2.27. The average Bonchev–Trinajstić information content (AvgIpc) is 3.55. The van der Waals surface area contributed by atoms with Crippen LogP contribution in [-0.2, 0) is 0 Å². The van der Waals surface area contributed by atoms with E-state index in [1.165, 1.54) is 122 Å². The van der Waals surface area contributed by atoms with Crippen molar-refractivity contribution in [2.45, 2.75) is 124 Å². The number of rotatable bonds is 18. The SMILES string of the molecule is CCCCCCCCCCCCCCCCCC(C1=CC2C(=O)c3ccccc3C(C3=C4C=CC=CC4C(=O)c4ccccc43)=C2C=C1)=C1SC(C)=C(C)S1. The number of Topliss-reactive ketones (excluding diaryl/α,β-unsaturated/α-hetero) is 2. The summed E-state index contributed by atoms with van der Waals surface area (Å²) < 4.78 is 1.37. The van der Waals surface area contributed by atoms with Crippen molar-refractivity contribution in [1.82, 2.24) is 0 Å². The van der Waals surface area contributed by atoms with Gasteiger partial charge >= 0.3 is 0 Å². The second-order valence-corrected chi connectivity index (χ2v) is 18.6. The van der Waals surface area contributed by atoms with Crippen LogP contribution in [0.2, 0.25) is 0 Å². The highest BCUT2D eigenvalue weighted by molar-refractivity contribution is 8.28. The Morgan fingerprint density at radius 2 is 1.02 bits per heavy atom. The van der Waals surface area contributed by atoms with Crippen LogP contribution < -0.4 is 0 Å². The quantitative estimate of drug-likeness (QED) is 0.142. The van der Waals surface area contributed by atoms with E-state index in [2.05, 4.69) is 57.2 Å². The van der Waals surface area contributed by atoms with E-state index < -0.39 is 0 Å². The fourth-order valence-corrected chi connectivity index (χ4v) is 11.6. The van der Waals surface area contributed by atoms with Crippen LogP contribution in [0, 0.1) is 11.8 Å². The number of fused-ring (bicyclic) bond motifs is 4. The van der Waals surface area contributed by atoms with E-state index in [9.17, 15) is 9.59 Å². The maximum absolute atomic E-state index is 14.5. The van der Waals surface area contributed by atoms with Crippen LogP contribution >= 0.6 is 23.5 Å². The first-order chi connectivity index (χ1) is 27.0. The Morgan fingerprint density at radius 1 is 0.545 bits per heavy atom. The zero-order valence-electron chi connectivity index (χ0n) is 33.3. The minimum absolute atomic E-state index is 0.138. The van der Waals surface area contributed by atoms with E-state index >= 15 is 0 Å². The fraction of sp³-hybridized carbons (Fsp3) is 0.412. The summed E-state index contributed by atoms with van der Waals surface area (Å²) in [5, 5.41) is 0. The molecule has 2 atom stereocenters. The van der Waals surface area contributed by atoms with E-state index in [1.807, 2.05) is 78.2 Å². The number of allylic oxidation sites excluding steroid dienone is 15. The predicted molar refractivity (Wildman–Crippen MR) is 238 cm³/mol. The molecule has 4 heteroatoms. The van der Waals surface area contributed by atoms with Crippen molar-refractivity contribution in [2.75, 3.05) is 0 Å². The molecular formula is C51H58O2S2. The van der Waals surface area contributed by atoms with E-state index in [1.54, 1.807) is 0 Å². The monoisotopic (exact) mass is 766 g/mol. The summed E-state index contributed by atoms with van der Waals surface area (Å²) in [6, 6.07) is 16.1. The van der Waals surface area contributed by atoms with Crippen molar-refractivity contribution in [3.8, 4) is 0 Å². The molecule has 7 rings (SSSR count). The molecule has 0 bridgehead atoms. The van der Waals surface area contributed by atoms with Crippen molar-refractivity contribution in [3.05, 3.63) is 150 Å². The van der Waals surface area contributed by atoms with Gasteiger partial charge in [0, 0.05) is 11.1 Å². The van der Waals surface area contributed by atoms with Crippen molar-refractivity contribution in [3.63, 3.8) is 0 Å². The largest absolute Gasteiger partial charge is 0.293 e. The van der Waals surface area contributed by atoms with Crippen molar-refractivity contribution in [1.29, 1.82) is 0 Å². The summed E-state index contributed by atoms with van der Waals surface area (Å²) in [5.74, 6) is -0.412. The van der Waals surface area contributed by atoms with Crippen molar-refractivity contribution < 1.29 is 9.59 Å². The van der Waals surface area contributed by atoms with Gasteiger partial charge < -0.3 is 0 Å². The Bertz CT molecular complexity index is 2030. The van der Waals surface area contributed by atoms with Crippen LogP contribution in [0.3, 0.4) is 0 Å². The summed E-state index contributed by atoms with van der Waals surface area (Å²) in [7, 11) is 0. The van der Waals surface area contributed by atoms with Crippen LogP contribution in [0.4, 0.5) is 0 Å². The van der Waals surface area contributed by atoms with Gasteiger partial charge in [-0.3, -0.25) is 9.59 Å². The topological polar surface area (TPSA) is 34.1 Å². The van der Waals surface area contributed by atoms with Gasteiger partial charge in [-0.25, -0.2) is 0 Å². The third kappa shape index (κ3) is 8.87. The average molecular weight is 767 g/mol. The number of ketones is 2. The molecule has 286 valence electrons. The maximum Gasteiger partial charge on any atom is 0.174 e. The molecule has 2 unspecified atom stereocenters. The molecule has 0 spiro atoms. The van der Waals surface area contributed by atoms with E-state index in [-0.39, 0.29) is 23.4 Å². The van der Waals surface area contributed by atoms with Gasteiger partial charge in [0.15, 0.2) is 11.6 Å². The maximum atomic E-state index is 14.5. The highest BCUT2D eigenvalue weighted by Crippen LogP contribution is 2.54. The Hall–Kier alpha value is -3.60. The first kappa shape index (κ1) is 39.6. The van der Waals surface area contributed by atoms with Gasteiger partial charge in [-0.05, 0) is 81.1 Å². The smallest absolute Gasteiger partial charge is 0.174 e. The summed E-state index contributed by atoms with van der Waals surface area (Å²) in [6.45, 7) is 6.75. The molecule has 5 aliphatic rings. The number of unbranched alkanes of at least 4 members (excludes halogenated alkanes) is 14. The molecule has 4 aliphatic carbocycles. The zero-order valence-corrected chi connectivity index (χ0v) is 34.9. The molecule has 55 heavy (non-hydrogen) atoms. The third-order valence-electron chi connectivity index (χ3n) is 12.1. The minimum Gasteiger partial charge on any atom is -0.293 e. The summed E-state index contributed by atoms with van der Waals surface area (Å²) in [4.78, 5) is 31.0. The lowest BCUT2D eigenvalue weighted by Gasteiger charge is -2.35. The van der Waals surface area contributed by atoms with Crippen LogP contribution in [-0.4, -0.2) is 11.6 Å². The molecule has 0 radical (unpaired) electrons. The lowest BCUT2D eigenvalue weighted by molar-refractivity contribution is 0.0950. The molecule has 1 heterocycles. The molecule has 1 aliphatic heterocycles. The second-order valence-electron chi connectivity index (χ2n) is 15.9. The molecule has 2 aromatic carbocycles. The normalized spacial score (nSPS) is 19.9. The summed E-state index contributed by atoms with van der Waals surface area (Å²) in [6.07, 6.45) is 36.4. The van der Waals surface area contributed by atoms with Gasteiger partial charge in [0.1, 0.15) is 0 Å². The first-order valence-corrected chi connectivity index (χ1v) is 22.9. The van der Waals surface area contributed by atoms with Gasteiger partial charge in [-0.2, -0.15) is 0 Å². The van der Waals surface area contributed by atoms with Crippen LogP contribution in [0.25, 0.3) is 11.1 Å². The Morgan fingerprint density at radius 3 is 1.56 bits per heavy atom. The second kappa shape index (κ2) is 19.0. The number of benzene rings is 2. The zero-order chi connectivity index (χ0) is 38.1. The van der Waals surface area contributed by atoms with E-state index in [0.29, 0.717) is 0 Å². The lowest BCUT2D eigenvalue weighted by atomic mass is 9.67. The van der Waals surface area contributed by atoms with Gasteiger partial charge in [-0.1, -0.05) is 211 Å². The van der Waals surface area contributed by atoms with E-state index in [0.717, 1.165) is 51.0 Å². The van der Waals surface area contributed by atoms with Crippen LogP contribution in [0.15, 0.2) is 127 Å². The summed E-state index contributed by atoms with van der Waals surface area (Å²) >= 11 is 3.81. The first-order valence-electron chi connectivity index (χ1n) is 21.2. The summed E-state index contributed by atoms with van der Waals surface area (Å²) in [5.41, 5.74) is 10.2. The number of carbonyl (C=O) groups excluding carboxylic acids is 2. The molecule has 0 amide bonds. The van der Waals surface area contributed by atoms with Gasteiger partial charge in [-0.15, -0.1) is 0 Å². The van der Waals surface area contributed by atoms with Gasteiger partial charge in [0.25, 0.3) is 0 Å². The number of carbonyl (C=O) groups is 2. The molecule has 2 nitrogen and oxygen atoms in total. The fourth-order valence-electron chi connectivity index (χ4n) is 8.91. The Kier molecular flexibility index (Phi) is 13.7. The molecule has 2 aromatic rings. The molecule has 0 saturated heterocycles. The van der Waals surface area contributed by atoms with Gasteiger partial charge in [0.05, 0.1) is 16.1 Å². The predicted octanol–water partition coefficient (Wildman–Crippen LogP) is 15.3. The molecule has 0 aromatic heterocycles. The van der Waals surface area contributed by atoms with Crippen molar-refractivity contribution >= 4 is 46.2 Å². The number of thioether (sulfide) groups is 2. The molecule has 0 fully saturated rings. The minimum atomic E-state index is -0.382. The molecule has 0 N–H and O–H groups in total. The Labute approximate surface area is 339 Å².